The summed E-state index contributed by atoms with van der Waals surface area (Å²) in [5.41, 5.74) is 10.9. The average molecular weight is 394 g/mol. The van der Waals surface area contributed by atoms with Crippen LogP contribution in [0.25, 0.3) is 17.2 Å². The lowest BCUT2D eigenvalue weighted by atomic mass is 9.87. The Labute approximate surface area is 177 Å². The second-order valence-corrected chi connectivity index (χ2v) is 7.45. The number of fused-ring (bicyclic) bond motifs is 3. The Morgan fingerprint density at radius 1 is 0.900 bits per heavy atom. The number of benzene rings is 3. The van der Waals surface area contributed by atoms with Crippen molar-refractivity contribution in [3.63, 3.8) is 0 Å². The molecule has 0 spiro atoms. The lowest BCUT2D eigenvalue weighted by molar-refractivity contribution is -0.152. The molecule has 0 saturated heterocycles. The van der Waals surface area contributed by atoms with E-state index in [0.717, 1.165) is 23.4 Å². The van der Waals surface area contributed by atoms with E-state index in [-0.39, 0.29) is 6.10 Å². The largest absolute Gasteiger partial charge is 0.497 e. The smallest absolute Gasteiger partial charge is 0.254 e. The molecule has 1 N–H and O–H groups in total. The van der Waals surface area contributed by atoms with Crippen LogP contribution in [0.4, 0.5) is 0 Å². The molecule has 3 aromatic rings. The zero-order valence-electron chi connectivity index (χ0n) is 16.9. The highest BCUT2D eigenvalue weighted by molar-refractivity contribution is 5.91. The van der Waals surface area contributed by atoms with Gasteiger partial charge in [0, 0.05) is 6.08 Å². The summed E-state index contributed by atoms with van der Waals surface area (Å²) in [5, 5.41) is 0. The van der Waals surface area contributed by atoms with Crippen molar-refractivity contribution < 1.29 is 9.20 Å². The van der Waals surface area contributed by atoms with E-state index < -0.39 is 0 Å². The van der Waals surface area contributed by atoms with Gasteiger partial charge in [-0.1, -0.05) is 72.2 Å². The normalized spacial score (nSPS) is 17.0. The summed E-state index contributed by atoms with van der Waals surface area (Å²) in [6.45, 7) is 0.733. The molecule has 1 unspecified atom stereocenters. The van der Waals surface area contributed by atoms with Gasteiger partial charge in [-0.25, -0.2) is 0 Å². The zero-order chi connectivity index (χ0) is 20.3. The number of hydroxylamine groups is 1. The topological polar surface area (TPSA) is 24.0 Å². The Morgan fingerprint density at radius 3 is 2.47 bits per heavy atom. The summed E-state index contributed by atoms with van der Waals surface area (Å²) < 4.78 is 8.56. The van der Waals surface area contributed by atoms with Crippen molar-refractivity contribution in [3.05, 3.63) is 120 Å². The van der Waals surface area contributed by atoms with Gasteiger partial charge < -0.3 is 9.20 Å². The Bertz CT molecular complexity index is 1130. The van der Waals surface area contributed by atoms with Gasteiger partial charge >= 0.3 is 0 Å². The van der Waals surface area contributed by atoms with Crippen molar-refractivity contribution in [1.29, 1.82) is 0 Å². The number of methoxy groups -OCH3 is 1. The highest BCUT2D eigenvalue weighted by Crippen LogP contribution is 2.39. The van der Waals surface area contributed by atoms with Crippen molar-refractivity contribution in [2.75, 3.05) is 7.11 Å². The summed E-state index contributed by atoms with van der Waals surface area (Å²) >= 11 is 0. The molecule has 1 atom stereocenters. The Morgan fingerprint density at radius 2 is 1.67 bits per heavy atom. The van der Waals surface area contributed by atoms with Gasteiger partial charge in [0.25, 0.3) is 12.4 Å². The third-order valence-electron chi connectivity index (χ3n) is 5.58. The summed E-state index contributed by atoms with van der Waals surface area (Å²) in [4.78, 5) is 0. The molecule has 1 heterocycles. The van der Waals surface area contributed by atoms with Crippen molar-refractivity contribution in [3.8, 4) is 5.75 Å². The predicted octanol–water partition coefficient (Wildman–Crippen LogP) is 5.79. The predicted molar refractivity (Wildman–Crippen MR) is 123 cm³/mol. The maximum absolute atomic E-state index is 5.33. The van der Waals surface area contributed by atoms with E-state index in [9.17, 15) is 0 Å². The first-order chi connectivity index (χ1) is 14.8. The molecule has 148 valence electrons. The van der Waals surface area contributed by atoms with E-state index in [1.807, 2.05) is 18.2 Å². The van der Waals surface area contributed by atoms with E-state index in [1.54, 1.807) is 7.11 Å². The van der Waals surface area contributed by atoms with Crippen molar-refractivity contribution in [2.45, 2.75) is 12.6 Å². The van der Waals surface area contributed by atoms with Gasteiger partial charge in [0.1, 0.15) is 5.75 Å². The number of nitrogens with one attached hydrogen (secondary N) is 1. The Kier molecular flexibility index (Phi) is 4.96. The molecule has 2 aliphatic rings. The van der Waals surface area contributed by atoms with Gasteiger partial charge in [0.15, 0.2) is 0 Å². The molecule has 3 heteroatoms. The van der Waals surface area contributed by atoms with Gasteiger partial charge in [-0.05, 0) is 46.5 Å². The monoisotopic (exact) mass is 394 g/mol. The van der Waals surface area contributed by atoms with E-state index in [4.69, 9.17) is 4.74 Å². The molecule has 3 aromatic carbocycles. The molecule has 1 aliphatic carbocycles. The van der Waals surface area contributed by atoms with E-state index in [0.29, 0.717) is 0 Å². The fourth-order valence-corrected chi connectivity index (χ4v) is 3.98. The van der Waals surface area contributed by atoms with Gasteiger partial charge in [-0.3, -0.25) is 0 Å². The number of rotatable bonds is 5. The van der Waals surface area contributed by atoms with Crippen LogP contribution in [-0.2, 0) is 11.0 Å². The SMILES string of the molecule is COc1ccc(C2=C[O+](NCc3ccccc3)C3C=Cc4ccccc4C3=C2)cc1. The molecule has 3 nitrogen and oxygen atoms in total. The molecule has 0 amide bonds. The minimum Gasteiger partial charge on any atom is -0.497 e. The summed E-state index contributed by atoms with van der Waals surface area (Å²) in [5.74, 6) is 0.860. The number of ether oxygens (including phenoxy) is 1. The third kappa shape index (κ3) is 3.56. The summed E-state index contributed by atoms with van der Waals surface area (Å²) in [6.07, 6.45) is 8.93. The van der Waals surface area contributed by atoms with Crippen LogP contribution in [0.15, 0.2) is 97.3 Å². The van der Waals surface area contributed by atoms with Crippen molar-refractivity contribution in [1.82, 2.24) is 5.48 Å². The fraction of sp³-hybridized carbons (Fsp3) is 0.111. The zero-order valence-corrected chi connectivity index (χ0v) is 16.9. The second-order valence-electron chi connectivity index (χ2n) is 7.45. The van der Waals surface area contributed by atoms with Crippen LogP contribution in [-0.4, -0.2) is 13.2 Å². The minimum absolute atomic E-state index is 0.0746. The number of hydrogen-bond acceptors (Lipinski definition) is 2. The van der Waals surface area contributed by atoms with Crippen LogP contribution in [0, 0.1) is 0 Å². The molecular weight excluding hydrogens is 370 g/mol. The van der Waals surface area contributed by atoms with E-state index in [1.165, 1.54) is 22.3 Å². The summed E-state index contributed by atoms with van der Waals surface area (Å²) in [6, 6.07) is 27.2. The lowest BCUT2D eigenvalue weighted by Crippen LogP contribution is -2.36. The molecule has 0 fully saturated rings. The van der Waals surface area contributed by atoms with E-state index >= 15 is 0 Å². The Hall–Kier alpha value is -3.56. The van der Waals surface area contributed by atoms with Crippen LogP contribution in [0.1, 0.15) is 22.3 Å². The molecule has 30 heavy (non-hydrogen) atoms. The minimum atomic E-state index is 0.0746. The number of hydrogen-bond donors (Lipinski definition) is 1. The van der Waals surface area contributed by atoms with Crippen molar-refractivity contribution >= 4 is 17.2 Å². The quantitative estimate of drug-likeness (QED) is 0.554. The van der Waals surface area contributed by atoms with Crippen molar-refractivity contribution in [2.24, 2.45) is 0 Å². The van der Waals surface area contributed by atoms with Crippen LogP contribution < -0.4 is 10.2 Å². The molecule has 0 bridgehead atoms. The first kappa shape index (κ1) is 18.5. The second kappa shape index (κ2) is 8.05. The van der Waals surface area contributed by atoms with Gasteiger partial charge in [-0.15, -0.1) is 0 Å². The van der Waals surface area contributed by atoms with Crippen LogP contribution in [0.2, 0.25) is 0 Å². The fourth-order valence-electron chi connectivity index (χ4n) is 3.98. The highest BCUT2D eigenvalue weighted by atomic mass is 16.8. The van der Waals surface area contributed by atoms with Gasteiger partial charge in [-0.2, -0.15) is 0 Å². The maximum atomic E-state index is 5.33. The standard InChI is InChI=1S/C27H24NO2/c1-29-24-14-11-21(12-15-24)23-17-26-25-10-6-5-9-22(25)13-16-27(26)30(19-23)28-18-20-7-3-2-4-8-20/h2-17,19,27-28H,18H2,1H3/q+1. The lowest BCUT2D eigenvalue weighted by Gasteiger charge is -2.33. The van der Waals surface area contributed by atoms with Crippen LogP contribution in [0.5, 0.6) is 5.75 Å². The summed E-state index contributed by atoms with van der Waals surface area (Å²) in [7, 11) is 1.69. The molecule has 5 rings (SSSR count). The van der Waals surface area contributed by atoms with E-state index in [2.05, 4.69) is 95.1 Å². The maximum Gasteiger partial charge on any atom is 0.254 e. The third-order valence-corrected chi connectivity index (χ3v) is 5.58. The first-order valence-electron chi connectivity index (χ1n) is 10.2. The molecule has 0 radical (unpaired) electrons. The van der Waals surface area contributed by atoms with Crippen LogP contribution >= 0.6 is 0 Å². The van der Waals surface area contributed by atoms with Gasteiger partial charge in [0.2, 0.25) is 0 Å². The average Bonchev–Trinajstić information content (AvgIpc) is 2.83. The first-order valence-corrected chi connectivity index (χ1v) is 10.2. The van der Waals surface area contributed by atoms with Crippen LogP contribution in [0.3, 0.4) is 0 Å². The number of allylic oxidation sites excluding steroid dienone is 2. The van der Waals surface area contributed by atoms with Gasteiger partial charge in [0.05, 0.1) is 24.8 Å². The highest BCUT2D eigenvalue weighted by Gasteiger charge is 2.33. The molecular formula is C27H24NO2+. The molecule has 1 aliphatic heterocycles. The Balaban J connectivity index is 1.52. The molecule has 0 saturated carbocycles. The molecule has 0 aromatic heterocycles.